The van der Waals surface area contributed by atoms with Crippen LogP contribution in [0.2, 0.25) is 0 Å². The van der Waals surface area contributed by atoms with E-state index in [4.69, 9.17) is 0 Å². The summed E-state index contributed by atoms with van der Waals surface area (Å²) in [6.45, 7) is 3.57. The third-order valence-electron chi connectivity index (χ3n) is 4.13. The summed E-state index contributed by atoms with van der Waals surface area (Å²) >= 11 is 3.49. The van der Waals surface area contributed by atoms with E-state index in [9.17, 15) is 0 Å². The number of hydrogen-bond donors (Lipinski definition) is 3. The molecule has 0 atom stereocenters. The van der Waals surface area contributed by atoms with Gasteiger partial charge in [-0.25, -0.2) is 0 Å². The summed E-state index contributed by atoms with van der Waals surface area (Å²) < 4.78 is 0.992. The van der Waals surface area contributed by atoms with Crippen LogP contribution < -0.4 is 20.9 Å². The van der Waals surface area contributed by atoms with E-state index >= 15 is 0 Å². The monoisotopic (exact) mass is 425 g/mol. The minimum absolute atomic E-state index is 0.509. The first-order chi connectivity index (χ1) is 13.3. The Balaban J connectivity index is 1.65. The molecule has 1 saturated heterocycles. The van der Waals surface area contributed by atoms with Crippen molar-refractivity contribution in [2.24, 2.45) is 0 Å². The summed E-state index contributed by atoms with van der Waals surface area (Å²) in [5.74, 6) is 1.69. The van der Waals surface area contributed by atoms with E-state index < -0.39 is 0 Å². The molecule has 4 rings (SSSR count). The number of nitrogens with one attached hydrogen (secondary N) is 3. The maximum atomic E-state index is 4.63. The average Bonchev–Trinajstić information content (AvgIpc) is 2.69. The van der Waals surface area contributed by atoms with Gasteiger partial charge in [-0.2, -0.15) is 15.0 Å². The lowest BCUT2D eigenvalue weighted by Crippen LogP contribution is -2.44. The van der Waals surface area contributed by atoms with E-state index in [-0.39, 0.29) is 0 Å². The SMILES string of the molecule is Brc1cccc(Nc2nc(Nc3ccccc3)nc(N3CCNCC3)n2)c1. The van der Waals surface area contributed by atoms with Crippen molar-refractivity contribution in [1.82, 2.24) is 20.3 Å². The number of para-hydroxylation sites is 1. The molecule has 1 aliphatic heterocycles. The van der Waals surface area contributed by atoms with Crippen molar-refractivity contribution >= 4 is 45.1 Å². The number of aromatic nitrogens is 3. The van der Waals surface area contributed by atoms with Crippen LogP contribution in [0.25, 0.3) is 0 Å². The van der Waals surface area contributed by atoms with Gasteiger partial charge in [-0.15, -0.1) is 0 Å². The van der Waals surface area contributed by atoms with Crippen LogP contribution in [0.3, 0.4) is 0 Å². The second-order valence-corrected chi connectivity index (χ2v) is 7.06. The van der Waals surface area contributed by atoms with Crippen molar-refractivity contribution in [3.63, 3.8) is 0 Å². The molecule has 3 aromatic rings. The third-order valence-corrected chi connectivity index (χ3v) is 4.63. The summed E-state index contributed by atoms with van der Waals surface area (Å²) in [5, 5.41) is 9.89. The number of piperazine rings is 1. The number of benzene rings is 2. The van der Waals surface area contributed by atoms with Gasteiger partial charge in [-0.05, 0) is 30.3 Å². The van der Waals surface area contributed by atoms with Crippen LogP contribution in [-0.4, -0.2) is 41.1 Å². The second-order valence-electron chi connectivity index (χ2n) is 6.15. The fourth-order valence-corrected chi connectivity index (χ4v) is 3.23. The zero-order valence-corrected chi connectivity index (χ0v) is 16.3. The van der Waals surface area contributed by atoms with Gasteiger partial charge in [0.1, 0.15) is 0 Å². The van der Waals surface area contributed by atoms with Crippen molar-refractivity contribution < 1.29 is 0 Å². The summed E-state index contributed by atoms with van der Waals surface area (Å²) in [5.41, 5.74) is 1.84. The highest BCUT2D eigenvalue weighted by Crippen LogP contribution is 2.22. The zero-order chi connectivity index (χ0) is 18.5. The van der Waals surface area contributed by atoms with Gasteiger partial charge in [0.25, 0.3) is 0 Å². The molecule has 1 aromatic heterocycles. The van der Waals surface area contributed by atoms with Crippen LogP contribution in [0.5, 0.6) is 0 Å². The predicted octanol–water partition coefficient (Wildman–Crippen LogP) is 3.53. The Morgan fingerprint density at radius 2 is 1.48 bits per heavy atom. The molecule has 0 amide bonds. The smallest absolute Gasteiger partial charge is 0.233 e. The number of hydrogen-bond acceptors (Lipinski definition) is 7. The molecule has 8 heteroatoms. The molecule has 0 radical (unpaired) electrons. The Labute approximate surface area is 166 Å². The first-order valence-corrected chi connectivity index (χ1v) is 9.62. The minimum Gasteiger partial charge on any atom is -0.338 e. The molecule has 0 spiro atoms. The largest absolute Gasteiger partial charge is 0.338 e. The van der Waals surface area contributed by atoms with Gasteiger partial charge in [0.2, 0.25) is 17.8 Å². The Kier molecular flexibility index (Phi) is 5.45. The fourth-order valence-electron chi connectivity index (χ4n) is 2.83. The molecular weight excluding hydrogens is 406 g/mol. The Hall–Kier alpha value is -2.71. The van der Waals surface area contributed by atoms with Crippen LogP contribution in [0.4, 0.5) is 29.2 Å². The molecule has 3 N–H and O–H groups in total. The van der Waals surface area contributed by atoms with Crippen LogP contribution in [0, 0.1) is 0 Å². The Morgan fingerprint density at radius 1 is 0.815 bits per heavy atom. The van der Waals surface area contributed by atoms with Gasteiger partial charge in [0, 0.05) is 42.0 Å². The highest BCUT2D eigenvalue weighted by atomic mass is 79.9. The average molecular weight is 426 g/mol. The van der Waals surface area contributed by atoms with Gasteiger partial charge in [0.05, 0.1) is 0 Å². The summed E-state index contributed by atoms with van der Waals surface area (Å²) in [4.78, 5) is 16.0. The molecule has 2 heterocycles. The highest BCUT2D eigenvalue weighted by molar-refractivity contribution is 9.10. The standard InChI is InChI=1S/C19H20BrN7/c20-14-5-4-8-16(13-14)23-18-24-17(22-15-6-2-1-3-7-15)25-19(26-18)27-11-9-21-10-12-27/h1-8,13,21H,9-12H2,(H2,22,23,24,25,26). The van der Waals surface area contributed by atoms with E-state index in [1.54, 1.807) is 0 Å². The molecule has 27 heavy (non-hydrogen) atoms. The van der Waals surface area contributed by atoms with Crippen molar-refractivity contribution in [2.75, 3.05) is 41.7 Å². The van der Waals surface area contributed by atoms with Crippen LogP contribution >= 0.6 is 15.9 Å². The van der Waals surface area contributed by atoms with Gasteiger partial charge in [-0.1, -0.05) is 40.2 Å². The lowest BCUT2D eigenvalue weighted by Gasteiger charge is -2.27. The predicted molar refractivity (Wildman–Crippen MR) is 112 cm³/mol. The molecule has 0 aliphatic carbocycles. The topological polar surface area (TPSA) is 78.0 Å². The van der Waals surface area contributed by atoms with E-state index in [1.165, 1.54) is 0 Å². The second kappa shape index (κ2) is 8.32. The molecule has 0 unspecified atom stereocenters. The lowest BCUT2D eigenvalue weighted by molar-refractivity contribution is 0.579. The molecule has 1 aliphatic rings. The van der Waals surface area contributed by atoms with Gasteiger partial charge in [0.15, 0.2) is 0 Å². The third kappa shape index (κ3) is 4.72. The summed E-state index contributed by atoms with van der Waals surface area (Å²) in [6.07, 6.45) is 0. The Morgan fingerprint density at radius 3 is 2.19 bits per heavy atom. The molecule has 0 bridgehead atoms. The molecule has 0 saturated carbocycles. The van der Waals surface area contributed by atoms with E-state index in [2.05, 4.69) is 51.7 Å². The van der Waals surface area contributed by atoms with Crippen molar-refractivity contribution in [2.45, 2.75) is 0 Å². The van der Waals surface area contributed by atoms with Gasteiger partial charge >= 0.3 is 0 Å². The highest BCUT2D eigenvalue weighted by Gasteiger charge is 2.16. The first kappa shape index (κ1) is 17.7. The Bertz CT molecular complexity index is 898. The van der Waals surface area contributed by atoms with Crippen molar-refractivity contribution in [3.8, 4) is 0 Å². The van der Waals surface area contributed by atoms with Crippen LogP contribution in [0.15, 0.2) is 59.1 Å². The fraction of sp³-hybridized carbons (Fsp3) is 0.211. The summed E-state index contributed by atoms with van der Waals surface area (Å²) in [6, 6.07) is 17.8. The van der Waals surface area contributed by atoms with Gasteiger partial charge < -0.3 is 20.9 Å². The van der Waals surface area contributed by atoms with Gasteiger partial charge in [-0.3, -0.25) is 0 Å². The molecule has 1 fully saturated rings. The first-order valence-electron chi connectivity index (χ1n) is 8.83. The van der Waals surface area contributed by atoms with Crippen LogP contribution in [0.1, 0.15) is 0 Å². The molecule has 138 valence electrons. The lowest BCUT2D eigenvalue weighted by atomic mass is 10.3. The van der Waals surface area contributed by atoms with Crippen molar-refractivity contribution in [3.05, 3.63) is 59.1 Å². The van der Waals surface area contributed by atoms with Crippen LogP contribution in [-0.2, 0) is 0 Å². The summed E-state index contributed by atoms with van der Waals surface area (Å²) in [7, 11) is 0. The van der Waals surface area contributed by atoms with E-state index in [0.29, 0.717) is 17.8 Å². The van der Waals surface area contributed by atoms with E-state index in [0.717, 1.165) is 42.0 Å². The quantitative estimate of drug-likeness (QED) is 0.576. The molecule has 7 nitrogen and oxygen atoms in total. The number of rotatable bonds is 5. The molecular formula is C19H20BrN7. The van der Waals surface area contributed by atoms with E-state index in [1.807, 2.05) is 54.6 Å². The maximum Gasteiger partial charge on any atom is 0.233 e. The number of halogens is 1. The zero-order valence-electron chi connectivity index (χ0n) is 14.7. The minimum atomic E-state index is 0.509. The number of nitrogens with zero attached hydrogens (tertiary/aromatic N) is 4. The van der Waals surface area contributed by atoms with Crippen molar-refractivity contribution in [1.29, 1.82) is 0 Å². The molecule has 2 aromatic carbocycles. The number of anilines is 5. The maximum absolute atomic E-state index is 4.63. The normalized spacial score (nSPS) is 14.0.